The van der Waals surface area contributed by atoms with Crippen molar-refractivity contribution >= 4 is 17.3 Å². The average Bonchev–Trinajstić information content (AvgIpc) is 2.48. The van der Waals surface area contributed by atoms with Gasteiger partial charge in [-0.1, -0.05) is 13.8 Å². The van der Waals surface area contributed by atoms with Crippen molar-refractivity contribution in [3.05, 3.63) is 33.9 Å². The van der Waals surface area contributed by atoms with E-state index in [1.54, 1.807) is 0 Å². The van der Waals surface area contributed by atoms with Crippen molar-refractivity contribution in [2.24, 2.45) is 5.41 Å². The maximum absolute atomic E-state index is 11.0. The molecule has 21 heavy (non-hydrogen) atoms. The number of carbonyl (C=O) groups is 1. The summed E-state index contributed by atoms with van der Waals surface area (Å²) in [6.45, 7) is 4.16. The highest BCUT2D eigenvalue weighted by Gasteiger charge is 2.26. The van der Waals surface area contributed by atoms with Gasteiger partial charge in [0.25, 0.3) is 5.69 Å². The molecule has 3 N–H and O–H groups in total. The Bertz CT molecular complexity index is 518. The quantitative estimate of drug-likeness (QED) is 0.502. The van der Waals surface area contributed by atoms with Gasteiger partial charge < -0.3 is 15.5 Å². The van der Waals surface area contributed by atoms with Gasteiger partial charge in [-0.05, 0) is 25.0 Å². The first kappa shape index (κ1) is 16.9. The second-order valence-electron chi connectivity index (χ2n) is 5.01. The molecule has 0 amide bonds. The van der Waals surface area contributed by atoms with E-state index in [1.807, 2.05) is 13.8 Å². The number of aliphatic hydroxyl groups excluding tert-OH is 1. The molecule has 0 atom stereocenters. The Morgan fingerprint density at radius 1 is 1.38 bits per heavy atom. The number of aliphatic hydroxyl groups is 1. The maximum atomic E-state index is 11.0. The van der Waals surface area contributed by atoms with Crippen LogP contribution in [0.5, 0.6) is 0 Å². The van der Waals surface area contributed by atoms with E-state index >= 15 is 0 Å². The third kappa shape index (κ3) is 3.91. The summed E-state index contributed by atoms with van der Waals surface area (Å²) in [5.41, 5.74) is -0.433. The fourth-order valence-corrected chi connectivity index (χ4v) is 2.03. The Morgan fingerprint density at radius 3 is 2.43 bits per heavy atom. The van der Waals surface area contributed by atoms with Gasteiger partial charge in [0.15, 0.2) is 0 Å². The molecule has 116 valence electrons. The van der Waals surface area contributed by atoms with Crippen molar-refractivity contribution in [1.82, 2.24) is 0 Å². The van der Waals surface area contributed by atoms with Gasteiger partial charge in [0.2, 0.25) is 0 Å². The fraction of sp³-hybridized carbons (Fsp3) is 0.500. The molecule has 0 saturated carbocycles. The predicted octanol–water partition coefficient (Wildman–Crippen LogP) is 2.50. The number of benzene rings is 1. The fourth-order valence-electron chi connectivity index (χ4n) is 2.03. The maximum Gasteiger partial charge on any atom is 0.335 e. The minimum atomic E-state index is -1.15. The number of nitrogens with one attached hydrogen (secondary N) is 1. The topological polar surface area (TPSA) is 113 Å². The van der Waals surface area contributed by atoms with Crippen molar-refractivity contribution in [3.63, 3.8) is 0 Å². The summed E-state index contributed by atoms with van der Waals surface area (Å²) in [5.74, 6) is -1.15. The van der Waals surface area contributed by atoms with E-state index in [4.69, 9.17) is 5.11 Å². The molecule has 0 bridgehead atoms. The summed E-state index contributed by atoms with van der Waals surface area (Å²) in [5, 5.41) is 32.4. The van der Waals surface area contributed by atoms with Crippen molar-refractivity contribution in [2.75, 3.05) is 18.5 Å². The first-order chi connectivity index (χ1) is 9.89. The van der Waals surface area contributed by atoms with Crippen LogP contribution >= 0.6 is 0 Å². The molecule has 1 aromatic carbocycles. The minimum Gasteiger partial charge on any atom is -0.478 e. The van der Waals surface area contributed by atoms with Gasteiger partial charge in [-0.2, -0.15) is 0 Å². The molecular weight excluding hydrogens is 276 g/mol. The number of nitrogens with zero attached hydrogens (tertiary/aromatic N) is 1. The number of aromatic carboxylic acids is 1. The van der Waals surface area contributed by atoms with Crippen LogP contribution in [0.2, 0.25) is 0 Å². The van der Waals surface area contributed by atoms with Crippen LogP contribution in [0.1, 0.15) is 37.0 Å². The van der Waals surface area contributed by atoms with E-state index in [0.29, 0.717) is 19.4 Å². The molecule has 0 aliphatic rings. The van der Waals surface area contributed by atoms with Gasteiger partial charge >= 0.3 is 5.97 Å². The monoisotopic (exact) mass is 296 g/mol. The number of anilines is 1. The second kappa shape index (κ2) is 7.03. The van der Waals surface area contributed by atoms with Crippen LogP contribution in [0.3, 0.4) is 0 Å². The molecule has 0 aliphatic carbocycles. The molecule has 0 fully saturated rings. The van der Waals surface area contributed by atoms with Crippen LogP contribution in [0, 0.1) is 15.5 Å². The van der Waals surface area contributed by atoms with Crippen LogP contribution in [-0.4, -0.2) is 34.3 Å². The number of hydrogen-bond acceptors (Lipinski definition) is 5. The predicted molar refractivity (Wildman–Crippen MR) is 78.6 cm³/mol. The summed E-state index contributed by atoms with van der Waals surface area (Å²) in [4.78, 5) is 21.4. The number of rotatable bonds is 8. The Kier molecular flexibility index (Phi) is 5.66. The Hall–Kier alpha value is -2.15. The summed E-state index contributed by atoms with van der Waals surface area (Å²) in [6, 6.07) is 3.61. The lowest BCUT2D eigenvalue weighted by atomic mass is 9.83. The Labute approximate surface area is 122 Å². The number of hydrogen-bond donors (Lipinski definition) is 3. The highest BCUT2D eigenvalue weighted by atomic mass is 16.6. The van der Waals surface area contributed by atoms with Gasteiger partial charge in [-0.3, -0.25) is 10.1 Å². The van der Waals surface area contributed by atoms with E-state index in [9.17, 15) is 20.0 Å². The third-order valence-electron chi connectivity index (χ3n) is 3.93. The van der Waals surface area contributed by atoms with Crippen LogP contribution in [0.4, 0.5) is 11.4 Å². The van der Waals surface area contributed by atoms with Gasteiger partial charge in [0, 0.05) is 18.0 Å². The summed E-state index contributed by atoms with van der Waals surface area (Å²) in [6.07, 6.45) is 1.42. The Balaban J connectivity index is 3.07. The van der Waals surface area contributed by atoms with E-state index in [0.717, 1.165) is 0 Å². The van der Waals surface area contributed by atoms with E-state index in [-0.39, 0.29) is 29.0 Å². The first-order valence-corrected chi connectivity index (χ1v) is 6.75. The number of carboxylic acid groups (broad SMARTS) is 1. The molecule has 0 unspecified atom stereocenters. The number of carboxylic acids is 1. The van der Waals surface area contributed by atoms with Crippen molar-refractivity contribution in [3.8, 4) is 0 Å². The summed E-state index contributed by atoms with van der Waals surface area (Å²) >= 11 is 0. The zero-order valence-corrected chi connectivity index (χ0v) is 12.1. The molecule has 1 rings (SSSR count). The van der Waals surface area contributed by atoms with Gasteiger partial charge in [-0.15, -0.1) is 0 Å². The lowest BCUT2D eigenvalue weighted by Crippen LogP contribution is -2.32. The van der Waals surface area contributed by atoms with Crippen LogP contribution in [-0.2, 0) is 0 Å². The number of nitro groups is 1. The molecular formula is C14H20N2O5. The highest BCUT2D eigenvalue weighted by molar-refractivity contribution is 5.90. The molecule has 7 heteroatoms. The molecule has 7 nitrogen and oxygen atoms in total. The van der Waals surface area contributed by atoms with Crippen LogP contribution in [0.15, 0.2) is 18.2 Å². The minimum absolute atomic E-state index is 0.0225. The lowest BCUT2D eigenvalue weighted by Gasteiger charge is -2.29. The molecule has 0 radical (unpaired) electrons. The van der Waals surface area contributed by atoms with Crippen LogP contribution < -0.4 is 5.32 Å². The van der Waals surface area contributed by atoms with Gasteiger partial charge in [-0.25, -0.2) is 4.79 Å². The molecule has 0 aromatic heterocycles. The largest absolute Gasteiger partial charge is 0.478 e. The standard InChI is InChI=1S/C14H20N2O5/c1-3-14(4-2,9-17)8-15-11-7-10(13(18)19)5-6-12(11)16(20)21/h5-7,15,17H,3-4,8-9H2,1-2H3,(H,18,19). The Morgan fingerprint density at radius 2 is 2.00 bits per heavy atom. The zero-order chi connectivity index (χ0) is 16.0. The molecule has 1 aromatic rings. The average molecular weight is 296 g/mol. The van der Waals surface area contributed by atoms with Crippen LogP contribution in [0.25, 0.3) is 0 Å². The molecule has 0 heterocycles. The van der Waals surface area contributed by atoms with Crippen molar-refractivity contribution in [1.29, 1.82) is 0 Å². The smallest absolute Gasteiger partial charge is 0.335 e. The third-order valence-corrected chi connectivity index (χ3v) is 3.93. The van der Waals surface area contributed by atoms with E-state index in [2.05, 4.69) is 5.32 Å². The molecule has 0 saturated heterocycles. The van der Waals surface area contributed by atoms with E-state index < -0.39 is 10.9 Å². The molecule has 0 spiro atoms. The van der Waals surface area contributed by atoms with Crippen molar-refractivity contribution in [2.45, 2.75) is 26.7 Å². The summed E-state index contributed by atoms with van der Waals surface area (Å²) < 4.78 is 0. The zero-order valence-electron chi connectivity index (χ0n) is 12.1. The normalized spacial score (nSPS) is 11.2. The lowest BCUT2D eigenvalue weighted by molar-refractivity contribution is -0.384. The van der Waals surface area contributed by atoms with E-state index in [1.165, 1.54) is 18.2 Å². The van der Waals surface area contributed by atoms with Gasteiger partial charge in [0.1, 0.15) is 5.69 Å². The second-order valence-corrected chi connectivity index (χ2v) is 5.01. The first-order valence-electron chi connectivity index (χ1n) is 6.75. The van der Waals surface area contributed by atoms with Gasteiger partial charge in [0.05, 0.1) is 17.1 Å². The highest BCUT2D eigenvalue weighted by Crippen LogP contribution is 2.30. The SMILES string of the molecule is CCC(CC)(CO)CNc1cc(C(=O)O)ccc1[N+](=O)[O-]. The summed E-state index contributed by atoms with van der Waals surface area (Å²) in [7, 11) is 0. The molecule has 0 aliphatic heterocycles. The van der Waals surface area contributed by atoms with Crippen molar-refractivity contribution < 1.29 is 19.9 Å². The number of nitro benzene ring substituents is 1.